The van der Waals surface area contributed by atoms with Crippen molar-refractivity contribution in [3.05, 3.63) is 0 Å². The maximum atomic E-state index is 9.74. The monoisotopic (exact) mass is 262 g/mol. The van der Waals surface area contributed by atoms with E-state index in [0.717, 1.165) is 25.7 Å². The molecule has 0 aromatic heterocycles. The molecule has 0 aromatic rings. The van der Waals surface area contributed by atoms with Gasteiger partial charge in [0.15, 0.2) is 0 Å². The lowest BCUT2D eigenvalue weighted by atomic mass is 9.97. The van der Waals surface area contributed by atoms with Crippen molar-refractivity contribution in [3.63, 3.8) is 0 Å². The highest BCUT2D eigenvalue weighted by Crippen LogP contribution is 2.14. The average Bonchev–Trinajstić information content (AvgIpc) is 2.33. The fourth-order valence-electron chi connectivity index (χ4n) is 1.99. The minimum Gasteiger partial charge on any atom is -0.393 e. The van der Waals surface area contributed by atoms with E-state index in [0.29, 0.717) is 12.8 Å². The molecule has 0 bridgehead atoms. The minimum atomic E-state index is -0.951. The summed E-state index contributed by atoms with van der Waals surface area (Å²) in [4.78, 5) is 0. The van der Waals surface area contributed by atoms with Crippen molar-refractivity contribution in [1.29, 1.82) is 0 Å². The summed E-state index contributed by atoms with van der Waals surface area (Å²) in [5.41, 5.74) is 0. The number of aliphatic hydroxyl groups is 4. The van der Waals surface area contributed by atoms with Gasteiger partial charge in [-0.05, 0) is 12.8 Å². The number of hydrogen-bond acceptors (Lipinski definition) is 4. The Labute approximate surface area is 111 Å². The molecule has 4 nitrogen and oxygen atoms in total. The van der Waals surface area contributed by atoms with Crippen LogP contribution < -0.4 is 0 Å². The van der Waals surface area contributed by atoms with Crippen LogP contribution in [0.4, 0.5) is 0 Å². The summed E-state index contributed by atoms with van der Waals surface area (Å²) in [6.07, 6.45) is 2.48. The molecule has 0 saturated heterocycles. The molecule has 0 fully saturated rings. The standard InChI is InChI=1S/C14H30O4/c1-3-5-7-11(15)9-13(17)14(18)10-12(16)8-6-4-2/h11-18H,3-10H2,1-2H3. The summed E-state index contributed by atoms with van der Waals surface area (Å²) in [7, 11) is 0. The van der Waals surface area contributed by atoms with Crippen molar-refractivity contribution >= 4 is 0 Å². The van der Waals surface area contributed by atoms with Gasteiger partial charge in [-0.15, -0.1) is 0 Å². The van der Waals surface area contributed by atoms with E-state index in [4.69, 9.17) is 0 Å². The van der Waals surface area contributed by atoms with Gasteiger partial charge in [0, 0.05) is 12.8 Å². The molecule has 0 aliphatic rings. The summed E-state index contributed by atoms with van der Waals surface area (Å²) in [6.45, 7) is 4.09. The van der Waals surface area contributed by atoms with Crippen LogP contribution in [-0.2, 0) is 0 Å². The van der Waals surface area contributed by atoms with Crippen LogP contribution in [0.15, 0.2) is 0 Å². The molecular formula is C14H30O4. The zero-order chi connectivity index (χ0) is 14.0. The second-order valence-electron chi connectivity index (χ2n) is 5.20. The van der Waals surface area contributed by atoms with Gasteiger partial charge in [-0.25, -0.2) is 0 Å². The Morgan fingerprint density at radius 2 is 1.00 bits per heavy atom. The highest BCUT2D eigenvalue weighted by Gasteiger charge is 2.22. The van der Waals surface area contributed by atoms with E-state index in [-0.39, 0.29) is 12.8 Å². The third kappa shape index (κ3) is 8.86. The number of unbranched alkanes of at least 4 members (excludes halogenated alkanes) is 2. The molecule has 0 aromatic carbocycles. The van der Waals surface area contributed by atoms with Gasteiger partial charge in [0.05, 0.1) is 24.4 Å². The topological polar surface area (TPSA) is 80.9 Å². The molecule has 0 spiro atoms. The Hall–Kier alpha value is -0.160. The Kier molecular flexibility index (Phi) is 10.6. The summed E-state index contributed by atoms with van der Waals surface area (Å²) in [5, 5.41) is 38.8. The second-order valence-corrected chi connectivity index (χ2v) is 5.20. The van der Waals surface area contributed by atoms with Crippen molar-refractivity contribution in [2.24, 2.45) is 0 Å². The number of rotatable bonds is 11. The number of aliphatic hydroxyl groups excluding tert-OH is 4. The Morgan fingerprint density at radius 1 is 0.667 bits per heavy atom. The summed E-state index contributed by atoms with van der Waals surface area (Å²) >= 11 is 0. The highest BCUT2D eigenvalue weighted by atomic mass is 16.3. The van der Waals surface area contributed by atoms with Crippen molar-refractivity contribution in [2.45, 2.75) is 89.6 Å². The molecule has 0 radical (unpaired) electrons. The van der Waals surface area contributed by atoms with Gasteiger partial charge in [0.25, 0.3) is 0 Å². The SMILES string of the molecule is CCCCC(O)CC(O)C(O)CC(O)CCCC. The van der Waals surface area contributed by atoms with Crippen LogP contribution in [0.3, 0.4) is 0 Å². The maximum Gasteiger partial charge on any atom is 0.0824 e. The summed E-state index contributed by atoms with van der Waals surface area (Å²) in [5.74, 6) is 0. The first-order chi connectivity index (χ1) is 8.51. The van der Waals surface area contributed by atoms with E-state index in [1.807, 2.05) is 13.8 Å². The molecular weight excluding hydrogens is 232 g/mol. The maximum absolute atomic E-state index is 9.74. The molecule has 0 saturated carbocycles. The Balaban J connectivity index is 3.83. The molecule has 4 heteroatoms. The fourth-order valence-corrected chi connectivity index (χ4v) is 1.99. The Bertz CT molecular complexity index is 167. The van der Waals surface area contributed by atoms with Crippen LogP contribution in [0.25, 0.3) is 0 Å². The van der Waals surface area contributed by atoms with E-state index < -0.39 is 24.4 Å². The molecule has 4 unspecified atom stereocenters. The molecule has 0 aliphatic heterocycles. The zero-order valence-corrected chi connectivity index (χ0v) is 11.8. The van der Waals surface area contributed by atoms with E-state index in [2.05, 4.69) is 0 Å². The number of hydrogen-bond donors (Lipinski definition) is 4. The first-order valence-corrected chi connectivity index (χ1v) is 7.23. The molecule has 4 N–H and O–H groups in total. The summed E-state index contributed by atoms with van der Waals surface area (Å²) < 4.78 is 0. The highest BCUT2D eigenvalue weighted by molar-refractivity contribution is 4.74. The van der Waals surface area contributed by atoms with E-state index in [9.17, 15) is 20.4 Å². The van der Waals surface area contributed by atoms with Crippen LogP contribution >= 0.6 is 0 Å². The average molecular weight is 262 g/mol. The lowest BCUT2D eigenvalue weighted by Gasteiger charge is -2.22. The Morgan fingerprint density at radius 3 is 1.28 bits per heavy atom. The van der Waals surface area contributed by atoms with Gasteiger partial charge in [0.2, 0.25) is 0 Å². The van der Waals surface area contributed by atoms with Crippen molar-refractivity contribution < 1.29 is 20.4 Å². The van der Waals surface area contributed by atoms with Gasteiger partial charge in [-0.2, -0.15) is 0 Å². The lowest BCUT2D eigenvalue weighted by molar-refractivity contribution is -0.0364. The first kappa shape index (κ1) is 17.8. The first-order valence-electron chi connectivity index (χ1n) is 7.23. The third-order valence-corrected chi connectivity index (χ3v) is 3.25. The zero-order valence-electron chi connectivity index (χ0n) is 11.8. The molecule has 0 aliphatic carbocycles. The molecule has 110 valence electrons. The van der Waals surface area contributed by atoms with Gasteiger partial charge in [-0.1, -0.05) is 39.5 Å². The van der Waals surface area contributed by atoms with Crippen LogP contribution in [0.1, 0.15) is 65.2 Å². The van der Waals surface area contributed by atoms with Crippen LogP contribution in [0.5, 0.6) is 0 Å². The van der Waals surface area contributed by atoms with E-state index in [1.165, 1.54) is 0 Å². The van der Waals surface area contributed by atoms with E-state index >= 15 is 0 Å². The quantitative estimate of drug-likeness (QED) is 0.456. The molecule has 0 amide bonds. The molecule has 4 atom stereocenters. The largest absolute Gasteiger partial charge is 0.393 e. The van der Waals surface area contributed by atoms with Gasteiger partial charge < -0.3 is 20.4 Å². The summed E-state index contributed by atoms with van der Waals surface area (Å²) in [6, 6.07) is 0. The molecule has 0 rings (SSSR count). The molecule has 0 heterocycles. The van der Waals surface area contributed by atoms with Crippen LogP contribution in [0, 0.1) is 0 Å². The second kappa shape index (κ2) is 10.7. The molecule has 18 heavy (non-hydrogen) atoms. The van der Waals surface area contributed by atoms with Gasteiger partial charge in [0.1, 0.15) is 0 Å². The van der Waals surface area contributed by atoms with Crippen molar-refractivity contribution in [1.82, 2.24) is 0 Å². The predicted molar refractivity (Wildman–Crippen MR) is 72.3 cm³/mol. The minimum absolute atomic E-state index is 0.182. The fraction of sp³-hybridized carbons (Fsp3) is 1.00. The van der Waals surface area contributed by atoms with Crippen LogP contribution in [0.2, 0.25) is 0 Å². The lowest BCUT2D eigenvalue weighted by Crippen LogP contribution is -2.33. The smallest absolute Gasteiger partial charge is 0.0824 e. The van der Waals surface area contributed by atoms with E-state index in [1.54, 1.807) is 0 Å². The third-order valence-electron chi connectivity index (χ3n) is 3.25. The van der Waals surface area contributed by atoms with Crippen molar-refractivity contribution in [3.8, 4) is 0 Å². The normalized spacial score (nSPS) is 18.3. The predicted octanol–water partition coefficient (Wildman–Crippen LogP) is 1.59. The van der Waals surface area contributed by atoms with Crippen LogP contribution in [-0.4, -0.2) is 44.8 Å². The van der Waals surface area contributed by atoms with Gasteiger partial charge >= 0.3 is 0 Å². The van der Waals surface area contributed by atoms with Gasteiger partial charge in [-0.3, -0.25) is 0 Å². The van der Waals surface area contributed by atoms with Crippen molar-refractivity contribution in [2.75, 3.05) is 0 Å².